The summed E-state index contributed by atoms with van der Waals surface area (Å²) in [4.78, 5) is 0. The molecule has 17 heavy (non-hydrogen) atoms. The van der Waals surface area contributed by atoms with E-state index in [4.69, 9.17) is 9.47 Å². The van der Waals surface area contributed by atoms with Gasteiger partial charge in [-0.05, 0) is 6.42 Å². The average molecular weight is 248 g/mol. The smallest absolute Gasteiger partial charge is 0.114 e. The van der Waals surface area contributed by atoms with E-state index in [1.807, 2.05) is 0 Å². The molecule has 0 saturated carbocycles. The highest BCUT2D eigenvalue weighted by Gasteiger charge is 2.39. The van der Waals surface area contributed by atoms with Gasteiger partial charge in [-0.25, -0.2) is 0 Å². The number of rotatable bonds is 8. The molecule has 102 valence electrons. The van der Waals surface area contributed by atoms with Crippen LogP contribution in [0.3, 0.4) is 0 Å². The molecule has 5 nitrogen and oxygen atoms in total. The summed E-state index contributed by atoms with van der Waals surface area (Å²) >= 11 is 0. The summed E-state index contributed by atoms with van der Waals surface area (Å²) in [5, 5.41) is 28.5. The van der Waals surface area contributed by atoms with Crippen LogP contribution in [0.1, 0.15) is 32.6 Å². The summed E-state index contributed by atoms with van der Waals surface area (Å²) in [5.41, 5.74) is 0. The van der Waals surface area contributed by atoms with E-state index < -0.39 is 24.4 Å². The Labute approximate surface area is 102 Å². The standard InChI is InChI=1S/C12H24O5/c1-2-3-4-5-6-16-7-10(14)12-11(15)9(13)8-17-12/h9-15H,2-8H2,1H3/t9-,10+,11?,12?/m0/s1. The molecule has 0 amide bonds. The lowest BCUT2D eigenvalue weighted by Crippen LogP contribution is -2.40. The van der Waals surface area contributed by atoms with E-state index in [2.05, 4.69) is 6.92 Å². The third-order valence-corrected chi connectivity index (χ3v) is 3.00. The van der Waals surface area contributed by atoms with Crippen molar-refractivity contribution in [3.8, 4) is 0 Å². The normalized spacial score (nSPS) is 30.7. The fourth-order valence-corrected chi connectivity index (χ4v) is 1.89. The molecule has 1 aliphatic heterocycles. The van der Waals surface area contributed by atoms with Gasteiger partial charge in [0.15, 0.2) is 0 Å². The minimum atomic E-state index is -1.02. The SMILES string of the molecule is CCCCCCOC[C@@H](O)C1OC[C@H](O)C1O. The zero-order chi connectivity index (χ0) is 12.7. The molecule has 3 N–H and O–H groups in total. The Balaban J connectivity index is 2.07. The first-order valence-electron chi connectivity index (χ1n) is 6.40. The Hall–Kier alpha value is -0.200. The first-order valence-corrected chi connectivity index (χ1v) is 6.40. The summed E-state index contributed by atoms with van der Waals surface area (Å²) in [5.74, 6) is 0. The molecule has 0 aromatic heterocycles. The van der Waals surface area contributed by atoms with Crippen molar-refractivity contribution in [2.45, 2.75) is 57.0 Å². The molecule has 0 aliphatic carbocycles. The summed E-state index contributed by atoms with van der Waals surface area (Å²) in [7, 11) is 0. The maximum absolute atomic E-state index is 9.72. The first kappa shape index (κ1) is 14.9. The monoisotopic (exact) mass is 248 g/mol. The molecule has 0 bridgehead atoms. The molecule has 1 fully saturated rings. The van der Waals surface area contributed by atoms with Gasteiger partial charge in [0.1, 0.15) is 24.4 Å². The molecule has 4 atom stereocenters. The quantitative estimate of drug-likeness (QED) is 0.530. The Morgan fingerprint density at radius 3 is 2.65 bits per heavy atom. The van der Waals surface area contributed by atoms with E-state index in [1.54, 1.807) is 0 Å². The Kier molecular flexibility index (Phi) is 6.99. The zero-order valence-corrected chi connectivity index (χ0v) is 10.4. The maximum atomic E-state index is 9.72. The molecule has 5 heteroatoms. The van der Waals surface area contributed by atoms with Gasteiger partial charge in [-0.1, -0.05) is 26.2 Å². The predicted octanol–water partition coefficient (Wildman–Crippen LogP) is 0.0648. The molecule has 1 aliphatic rings. The highest BCUT2D eigenvalue weighted by atomic mass is 16.5. The fraction of sp³-hybridized carbons (Fsp3) is 1.00. The van der Waals surface area contributed by atoms with E-state index in [1.165, 1.54) is 12.8 Å². The van der Waals surface area contributed by atoms with Crippen molar-refractivity contribution in [2.75, 3.05) is 19.8 Å². The van der Waals surface area contributed by atoms with Crippen LogP contribution in [0.5, 0.6) is 0 Å². The van der Waals surface area contributed by atoms with Crippen LogP contribution in [0.2, 0.25) is 0 Å². The second kappa shape index (κ2) is 8.00. The molecule has 0 aromatic rings. The molecule has 0 radical (unpaired) electrons. The third kappa shape index (κ3) is 4.89. The van der Waals surface area contributed by atoms with E-state index in [0.717, 1.165) is 12.8 Å². The zero-order valence-electron chi connectivity index (χ0n) is 10.4. The lowest BCUT2D eigenvalue weighted by atomic mass is 10.1. The van der Waals surface area contributed by atoms with Gasteiger partial charge in [0.2, 0.25) is 0 Å². The Morgan fingerprint density at radius 2 is 2.06 bits per heavy atom. The molecule has 0 spiro atoms. The van der Waals surface area contributed by atoms with Crippen molar-refractivity contribution in [3.63, 3.8) is 0 Å². The summed E-state index contributed by atoms with van der Waals surface area (Å²) in [6, 6.07) is 0. The van der Waals surface area contributed by atoms with E-state index >= 15 is 0 Å². The van der Waals surface area contributed by atoms with Crippen LogP contribution in [0.25, 0.3) is 0 Å². The van der Waals surface area contributed by atoms with Gasteiger partial charge in [-0.2, -0.15) is 0 Å². The largest absolute Gasteiger partial charge is 0.388 e. The van der Waals surface area contributed by atoms with Gasteiger partial charge in [0.05, 0.1) is 13.2 Å². The van der Waals surface area contributed by atoms with Crippen LogP contribution in [0.15, 0.2) is 0 Å². The Morgan fingerprint density at radius 1 is 1.29 bits per heavy atom. The molecule has 2 unspecified atom stereocenters. The van der Waals surface area contributed by atoms with Crippen molar-refractivity contribution in [2.24, 2.45) is 0 Å². The molecule has 1 saturated heterocycles. The molecule has 1 heterocycles. The first-order chi connectivity index (χ1) is 8.16. The van der Waals surface area contributed by atoms with Gasteiger partial charge in [0, 0.05) is 6.61 Å². The molecule has 1 rings (SSSR count). The maximum Gasteiger partial charge on any atom is 0.114 e. The van der Waals surface area contributed by atoms with Crippen LogP contribution in [-0.2, 0) is 9.47 Å². The van der Waals surface area contributed by atoms with Gasteiger partial charge in [-0.15, -0.1) is 0 Å². The van der Waals surface area contributed by atoms with E-state index in [-0.39, 0.29) is 13.2 Å². The van der Waals surface area contributed by atoms with Gasteiger partial charge in [0.25, 0.3) is 0 Å². The van der Waals surface area contributed by atoms with E-state index in [9.17, 15) is 15.3 Å². The second-order valence-electron chi connectivity index (χ2n) is 4.56. The van der Waals surface area contributed by atoms with Gasteiger partial charge in [-0.3, -0.25) is 0 Å². The predicted molar refractivity (Wildman–Crippen MR) is 62.7 cm³/mol. The number of aliphatic hydroxyl groups excluding tert-OH is 3. The van der Waals surface area contributed by atoms with Gasteiger partial charge < -0.3 is 24.8 Å². The molecular formula is C12H24O5. The lowest BCUT2D eigenvalue weighted by Gasteiger charge is -2.20. The third-order valence-electron chi connectivity index (χ3n) is 3.00. The number of aliphatic hydroxyl groups is 3. The van der Waals surface area contributed by atoms with Gasteiger partial charge >= 0.3 is 0 Å². The van der Waals surface area contributed by atoms with Crippen molar-refractivity contribution >= 4 is 0 Å². The minimum absolute atomic E-state index is 0.0688. The summed E-state index contributed by atoms with van der Waals surface area (Å²) < 4.78 is 10.4. The highest BCUT2D eigenvalue weighted by Crippen LogP contribution is 2.17. The second-order valence-corrected chi connectivity index (χ2v) is 4.56. The lowest BCUT2D eigenvalue weighted by molar-refractivity contribution is -0.0813. The minimum Gasteiger partial charge on any atom is -0.388 e. The number of hydrogen-bond acceptors (Lipinski definition) is 5. The van der Waals surface area contributed by atoms with Crippen LogP contribution in [0.4, 0.5) is 0 Å². The van der Waals surface area contributed by atoms with Crippen molar-refractivity contribution in [1.29, 1.82) is 0 Å². The van der Waals surface area contributed by atoms with Crippen LogP contribution in [-0.4, -0.2) is 59.6 Å². The highest BCUT2D eigenvalue weighted by molar-refractivity contribution is 4.87. The van der Waals surface area contributed by atoms with Crippen LogP contribution >= 0.6 is 0 Å². The Bertz CT molecular complexity index is 199. The molecular weight excluding hydrogens is 224 g/mol. The van der Waals surface area contributed by atoms with Crippen molar-refractivity contribution in [1.82, 2.24) is 0 Å². The van der Waals surface area contributed by atoms with Crippen LogP contribution in [0, 0.1) is 0 Å². The topological polar surface area (TPSA) is 79.2 Å². The van der Waals surface area contributed by atoms with E-state index in [0.29, 0.717) is 6.61 Å². The number of ether oxygens (including phenoxy) is 2. The average Bonchev–Trinajstić information content (AvgIpc) is 2.64. The summed E-state index contributed by atoms with van der Waals surface area (Å²) in [6.07, 6.45) is 0.956. The van der Waals surface area contributed by atoms with Crippen molar-refractivity contribution in [3.05, 3.63) is 0 Å². The fourth-order valence-electron chi connectivity index (χ4n) is 1.89. The number of unbranched alkanes of at least 4 members (excludes halogenated alkanes) is 3. The number of hydrogen-bond donors (Lipinski definition) is 3. The van der Waals surface area contributed by atoms with Crippen molar-refractivity contribution < 1.29 is 24.8 Å². The van der Waals surface area contributed by atoms with Crippen LogP contribution < -0.4 is 0 Å². The summed E-state index contributed by atoms with van der Waals surface area (Å²) in [6.45, 7) is 2.97. The molecule has 0 aromatic carbocycles.